The zero-order valence-electron chi connectivity index (χ0n) is 27.0. The maximum Gasteiger partial charge on any atom is 0.163 e. The third-order valence-electron chi connectivity index (χ3n) is 14.5. The van der Waals surface area contributed by atoms with Crippen molar-refractivity contribution in [1.82, 2.24) is 0 Å². The molecule has 0 unspecified atom stereocenters. The first-order valence-electron chi connectivity index (χ1n) is 17.1. The summed E-state index contributed by atoms with van der Waals surface area (Å²) < 4.78 is 6.15. The molecule has 1 aliphatic heterocycles. The van der Waals surface area contributed by atoms with E-state index in [2.05, 4.69) is 27.7 Å². The SMILES string of the molecule is CC(C)[C@@H](C)[C@H]1O[C@H]1[C@](C)(O)[C@@H]1CC[C@]2(O)C3=CC(=O)[C@@]4(Cc5ccc(O)cc5)[C@H]5CCC[C@]4(C[C@H](O)[C@@H]5O)[C@@H]3CC[C@]12C. The Kier molecular flexibility index (Phi) is 6.92. The van der Waals surface area contributed by atoms with E-state index in [1.54, 1.807) is 18.2 Å². The Morgan fingerprint density at radius 2 is 1.75 bits per heavy atom. The number of benzene rings is 1. The number of aromatic hydroxyl groups is 1. The summed E-state index contributed by atoms with van der Waals surface area (Å²) in [5.74, 6) is 0.208. The highest BCUT2D eigenvalue weighted by Gasteiger charge is 2.76. The van der Waals surface area contributed by atoms with Crippen LogP contribution in [0.4, 0.5) is 0 Å². The Bertz CT molecular complexity index is 1350. The van der Waals surface area contributed by atoms with Crippen molar-refractivity contribution in [3.63, 3.8) is 0 Å². The lowest BCUT2D eigenvalue weighted by Gasteiger charge is -2.69. The van der Waals surface area contributed by atoms with Crippen LogP contribution in [0.25, 0.3) is 0 Å². The van der Waals surface area contributed by atoms with E-state index in [1.165, 1.54) is 0 Å². The zero-order chi connectivity index (χ0) is 31.6. The molecule has 0 spiro atoms. The van der Waals surface area contributed by atoms with Gasteiger partial charge in [-0.3, -0.25) is 4.79 Å². The standard InChI is InChI=1S/C37H52O7/c1-20(2)21(3)31-32(44-31)34(5,42)28-13-16-37(43)26-17-29(40)36(18-22-8-10-23(38)11-9-22)25-7-6-14-35(36,19-27(39)30(25)41)24(26)12-15-33(28,37)4/h8-11,17,20-21,24-25,27-28,30-32,38-39,41-43H,6-7,12-16,18-19H2,1-5H3/t21-,24-,25+,27+,28-,30-,31-,32-,33-,34-,35+,36-,37+/m1/s1. The molecule has 2 bridgehead atoms. The molecule has 1 heterocycles. The van der Waals surface area contributed by atoms with Crippen molar-refractivity contribution in [3.05, 3.63) is 41.5 Å². The Morgan fingerprint density at radius 3 is 2.43 bits per heavy atom. The van der Waals surface area contributed by atoms with Crippen LogP contribution in [-0.2, 0) is 16.0 Å². The minimum Gasteiger partial charge on any atom is -0.508 e. The predicted octanol–water partition coefficient (Wildman–Crippen LogP) is 4.71. The topological polar surface area (TPSA) is 131 Å². The minimum atomic E-state index is -1.25. The zero-order valence-corrected chi connectivity index (χ0v) is 27.0. The minimum absolute atomic E-state index is 0.00263. The number of phenolic OH excluding ortho intramolecular Hbond substituents is 1. The Labute approximate surface area is 261 Å². The number of ketones is 1. The summed E-state index contributed by atoms with van der Waals surface area (Å²) in [5.41, 5.74) is -2.76. The van der Waals surface area contributed by atoms with Crippen LogP contribution in [0.15, 0.2) is 35.9 Å². The molecule has 5 fully saturated rings. The largest absolute Gasteiger partial charge is 0.508 e. The second kappa shape index (κ2) is 9.87. The van der Waals surface area contributed by atoms with E-state index in [0.717, 1.165) is 30.4 Å². The molecule has 4 saturated carbocycles. The molecule has 0 amide bonds. The molecule has 44 heavy (non-hydrogen) atoms. The van der Waals surface area contributed by atoms with E-state index in [4.69, 9.17) is 4.74 Å². The number of carbonyl (C=O) groups excluding carboxylic acids is 1. The summed E-state index contributed by atoms with van der Waals surface area (Å²) in [4.78, 5) is 14.9. The van der Waals surface area contributed by atoms with Gasteiger partial charge in [0, 0.05) is 16.7 Å². The van der Waals surface area contributed by atoms with Crippen molar-refractivity contribution < 1.29 is 35.1 Å². The molecule has 0 aromatic heterocycles. The van der Waals surface area contributed by atoms with Gasteiger partial charge in [0.1, 0.15) is 11.9 Å². The highest BCUT2D eigenvalue weighted by Crippen LogP contribution is 2.75. The number of carbonyl (C=O) groups is 1. The molecule has 242 valence electrons. The average molecular weight is 609 g/mol. The lowest BCUT2D eigenvalue weighted by atomic mass is 9.34. The summed E-state index contributed by atoms with van der Waals surface area (Å²) in [7, 11) is 0. The van der Waals surface area contributed by atoms with Gasteiger partial charge >= 0.3 is 0 Å². The van der Waals surface area contributed by atoms with Gasteiger partial charge in [-0.15, -0.1) is 0 Å². The van der Waals surface area contributed by atoms with Crippen molar-refractivity contribution in [3.8, 4) is 5.75 Å². The van der Waals surface area contributed by atoms with Gasteiger partial charge in [0.25, 0.3) is 0 Å². The lowest BCUT2D eigenvalue weighted by molar-refractivity contribution is -0.227. The molecule has 1 aromatic rings. The molecule has 5 aliphatic carbocycles. The molecule has 7 rings (SSSR count). The first-order valence-corrected chi connectivity index (χ1v) is 17.1. The first kappa shape index (κ1) is 30.9. The third-order valence-corrected chi connectivity index (χ3v) is 14.5. The maximum absolute atomic E-state index is 14.9. The van der Waals surface area contributed by atoms with Crippen LogP contribution < -0.4 is 0 Å². The third kappa shape index (κ3) is 3.82. The molecular weight excluding hydrogens is 556 g/mol. The number of phenols is 1. The Morgan fingerprint density at radius 1 is 1.05 bits per heavy atom. The van der Waals surface area contributed by atoms with E-state index in [0.29, 0.717) is 50.4 Å². The van der Waals surface area contributed by atoms with Crippen LogP contribution >= 0.6 is 0 Å². The number of epoxide rings is 1. The monoisotopic (exact) mass is 608 g/mol. The molecule has 1 aromatic carbocycles. The summed E-state index contributed by atoms with van der Waals surface area (Å²) in [6.45, 7) is 10.5. The number of aliphatic hydroxyl groups excluding tert-OH is 2. The fourth-order valence-electron chi connectivity index (χ4n) is 11.9. The number of fused-ring (bicyclic) bond motifs is 3. The second-order valence-electron chi connectivity index (χ2n) is 16.5. The van der Waals surface area contributed by atoms with Crippen LogP contribution in [-0.4, -0.2) is 66.9 Å². The van der Waals surface area contributed by atoms with E-state index in [9.17, 15) is 30.3 Å². The summed E-state index contributed by atoms with van der Waals surface area (Å²) in [6, 6.07) is 7.01. The van der Waals surface area contributed by atoms with Gasteiger partial charge in [-0.05, 0) is 117 Å². The number of hydrogen-bond acceptors (Lipinski definition) is 7. The highest BCUT2D eigenvalue weighted by molar-refractivity contribution is 5.99. The van der Waals surface area contributed by atoms with Crippen LogP contribution in [0.3, 0.4) is 0 Å². The van der Waals surface area contributed by atoms with Crippen LogP contribution in [0.5, 0.6) is 5.75 Å². The molecular formula is C37H52O7. The summed E-state index contributed by atoms with van der Waals surface area (Å²) in [6.07, 6.45) is 5.23. The van der Waals surface area contributed by atoms with Gasteiger partial charge in [0.15, 0.2) is 5.78 Å². The maximum atomic E-state index is 14.9. The average Bonchev–Trinajstić information content (AvgIpc) is 3.72. The van der Waals surface area contributed by atoms with E-state index in [1.807, 2.05) is 19.1 Å². The first-order chi connectivity index (χ1) is 20.6. The predicted molar refractivity (Wildman–Crippen MR) is 166 cm³/mol. The van der Waals surface area contributed by atoms with Crippen molar-refractivity contribution >= 4 is 5.78 Å². The smallest absolute Gasteiger partial charge is 0.163 e. The van der Waals surface area contributed by atoms with Gasteiger partial charge in [0.2, 0.25) is 0 Å². The number of hydrogen-bond donors (Lipinski definition) is 5. The van der Waals surface area contributed by atoms with E-state index < -0.39 is 39.7 Å². The van der Waals surface area contributed by atoms with Crippen LogP contribution in [0.2, 0.25) is 0 Å². The van der Waals surface area contributed by atoms with Gasteiger partial charge < -0.3 is 30.3 Å². The van der Waals surface area contributed by atoms with E-state index >= 15 is 0 Å². The van der Waals surface area contributed by atoms with Gasteiger partial charge in [-0.1, -0.05) is 46.2 Å². The number of allylic oxidation sites excluding steroid dienone is 1. The molecule has 13 atom stereocenters. The molecule has 6 aliphatic rings. The van der Waals surface area contributed by atoms with Crippen molar-refractivity contribution in [2.75, 3.05) is 0 Å². The fourth-order valence-corrected chi connectivity index (χ4v) is 11.9. The second-order valence-corrected chi connectivity index (χ2v) is 16.5. The van der Waals surface area contributed by atoms with Crippen molar-refractivity contribution in [2.45, 2.75) is 128 Å². The number of ether oxygens (including phenoxy) is 1. The van der Waals surface area contributed by atoms with Gasteiger partial charge in [0.05, 0.1) is 29.5 Å². The van der Waals surface area contributed by atoms with Crippen LogP contribution in [0, 0.1) is 45.8 Å². The Hall–Kier alpha value is -1.77. The quantitative estimate of drug-likeness (QED) is 0.296. The summed E-state index contributed by atoms with van der Waals surface area (Å²) in [5, 5.41) is 57.7. The number of aliphatic hydroxyl groups is 4. The lowest BCUT2D eigenvalue weighted by Crippen LogP contribution is -2.71. The molecule has 0 radical (unpaired) electrons. The summed E-state index contributed by atoms with van der Waals surface area (Å²) >= 11 is 0. The molecule has 1 saturated heterocycles. The van der Waals surface area contributed by atoms with Gasteiger partial charge in [-0.2, -0.15) is 0 Å². The molecule has 7 nitrogen and oxygen atoms in total. The molecule has 5 N–H and O–H groups in total. The Balaban J connectivity index is 1.30. The normalized spacial score (nSPS) is 48.1. The van der Waals surface area contributed by atoms with E-state index in [-0.39, 0.29) is 41.5 Å². The fraction of sp³-hybridized carbons (Fsp3) is 0.757. The van der Waals surface area contributed by atoms with Crippen molar-refractivity contribution in [1.29, 1.82) is 0 Å². The highest BCUT2D eigenvalue weighted by atomic mass is 16.6. The molecule has 7 heteroatoms. The van der Waals surface area contributed by atoms with Crippen molar-refractivity contribution in [2.24, 2.45) is 45.8 Å². The van der Waals surface area contributed by atoms with Crippen LogP contribution in [0.1, 0.15) is 91.5 Å². The number of rotatable bonds is 6. The van der Waals surface area contributed by atoms with Gasteiger partial charge in [-0.25, -0.2) is 0 Å².